The zero-order chi connectivity index (χ0) is 15.9. The van der Waals surface area contributed by atoms with Gasteiger partial charge >= 0.3 is 0 Å². The van der Waals surface area contributed by atoms with E-state index < -0.39 is 11.6 Å². The van der Waals surface area contributed by atoms with Crippen molar-refractivity contribution in [3.63, 3.8) is 0 Å². The summed E-state index contributed by atoms with van der Waals surface area (Å²) in [5.41, 5.74) is 0.274. The highest BCUT2D eigenvalue weighted by molar-refractivity contribution is 5.76. The Balaban J connectivity index is 1.78. The molecule has 1 heterocycles. The summed E-state index contributed by atoms with van der Waals surface area (Å²) >= 11 is 0. The van der Waals surface area contributed by atoms with Crippen LogP contribution < -0.4 is 5.32 Å². The van der Waals surface area contributed by atoms with Crippen molar-refractivity contribution < 1.29 is 13.6 Å². The number of hydrogen-bond donors (Lipinski definition) is 1. The first kappa shape index (κ1) is 16.9. The summed E-state index contributed by atoms with van der Waals surface area (Å²) in [5, 5.41) is 3.34. The maximum absolute atomic E-state index is 13.6. The van der Waals surface area contributed by atoms with Gasteiger partial charge in [-0.15, -0.1) is 0 Å². The summed E-state index contributed by atoms with van der Waals surface area (Å²) in [7, 11) is 0. The van der Waals surface area contributed by atoms with Crippen LogP contribution in [0.5, 0.6) is 0 Å². The van der Waals surface area contributed by atoms with Gasteiger partial charge in [0.25, 0.3) is 0 Å². The quantitative estimate of drug-likeness (QED) is 0.876. The van der Waals surface area contributed by atoms with E-state index in [0.717, 1.165) is 45.1 Å². The van der Waals surface area contributed by atoms with Gasteiger partial charge in [0, 0.05) is 19.5 Å². The number of piperidine rings is 1. The first-order valence-corrected chi connectivity index (χ1v) is 8.03. The molecule has 1 amide bonds. The van der Waals surface area contributed by atoms with Crippen molar-refractivity contribution in [1.82, 2.24) is 10.2 Å². The molecule has 1 fully saturated rings. The molecule has 2 rings (SSSR count). The zero-order valence-corrected chi connectivity index (χ0v) is 13.1. The summed E-state index contributed by atoms with van der Waals surface area (Å²) in [6, 6.07) is 4.11. The lowest BCUT2D eigenvalue weighted by Gasteiger charge is -2.32. The van der Waals surface area contributed by atoms with Crippen molar-refractivity contribution >= 4 is 5.91 Å². The Labute approximate surface area is 130 Å². The fraction of sp³-hybridized carbons (Fsp3) is 0.588. The third kappa shape index (κ3) is 4.50. The van der Waals surface area contributed by atoms with Crippen molar-refractivity contribution in [3.05, 3.63) is 35.4 Å². The average molecular weight is 310 g/mol. The first-order chi connectivity index (χ1) is 10.6. The fourth-order valence-electron chi connectivity index (χ4n) is 2.88. The van der Waals surface area contributed by atoms with E-state index in [4.69, 9.17) is 0 Å². The molecule has 0 aromatic heterocycles. The highest BCUT2D eigenvalue weighted by Gasteiger charge is 2.22. The molecule has 0 unspecified atom stereocenters. The van der Waals surface area contributed by atoms with Crippen LogP contribution in [0.4, 0.5) is 8.78 Å². The maximum atomic E-state index is 13.6. The molecule has 3 nitrogen and oxygen atoms in total. The second kappa shape index (κ2) is 8.22. The fourth-order valence-corrected chi connectivity index (χ4v) is 2.88. The number of amides is 1. The molecule has 1 aromatic rings. The minimum absolute atomic E-state index is 0.0329. The van der Waals surface area contributed by atoms with E-state index in [2.05, 4.69) is 12.2 Å². The van der Waals surface area contributed by atoms with E-state index in [9.17, 15) is 13.6 Å². The molecular weight excluding hydrogens is 286 g/mol. The van der Waals surface area contributed by atoms with Crippen LogP contribution in [0.1, 0.15) is 31.7 Å². The molecule has 22 heavy (non-hydrogen) atoms. The van der Waals surface area contributed by atoms with Crippen LogP contribution in [0.15, 0.2) is 18.2 Å². The van der Waals surface area contributed by atoms with Crippen molar-refractivity contribution in [1.29, 1.82) is 0 Å². The predicted molar refractivity (Wildman–Crippen MR) is 82.5 cm³/mol. The molecule has 0 radical (unpaired) electrons. The number of carbonyl (C=O) groups is 1. The number of carbonyl (C=O) groups excluding carboxylic acids is 1. The minimum atomic E-state index is -0.853. The number of rotatable bonds is 6. The summed E-state index contributed by atoms with van der Waals surface area (Å²) in [5.74, 6) is -1.02. The Bertz CT molecular complexity index is 499. The lowest BCUT2D eigenvalue weighted by Crippen LogP contribution is -2.40. The standard InChI is InChI=1S/C17H24F2N2O/c1-2-20-12-13-8-10-21(11-9-13)16(22)7-6-14-4-3-5-15(18)17(14)19/h3-5,13,20H,2,6-12H2,1H3. The lowest BCUT2D eigenvalue weighted by molar-refractivity contribution is -0.132. The summed E-state index contributed by atoms with van der Waals surface area (Å²) in [6.45, 7) is 5.59. The molecule has 0 aliphatic carbocycles. The SMILES string of the molecule is CCNCC1CCN(C(=O)CCc2cccc(F)c2F)CC1. The zero-order valence-electron chi connectivity index (χ0n) is 13.1. The van der Waals surface area contributed by atoms with Gasteiger partial charge in [-0.2, -0.15) is 0 Å². The number of nitrogens with zero attached hydrogens (tertiary/aromatic N) is 1. The Morgan fingerprint density at radius 2 is 2.05 bits per heavy atom. The Hall–Kier alpha value is -1.49. The van der Waals surface area contributed by atoms with Gasteiger partial charge in [-0.05, 0) is 49.9 Å². The van der Waals surface area contributed by atoms with Crippen LogP contribution in [-0.2, 0) is 11.2 Å². The summed E-state index contributed by atoms with van der Waals surface area (Å²) < 4.78 is 26.7. The molecule has 122 valence electrons. The van der Waals surface area contributed by atoms with Gasteiger partial charge in [-0.25, -0.2) is 8.78 Å². The molecule has 0 bridgehead atoms. The van der Waals surface area contributed by atoms with Crippen molar-refractivity contribution in [2.75, 3.05) is 26.2 Å². The number of likely N-dealkylation sites (tertiary alicyclic amines) is 1. The van der Waals surface area contributed by atoms with Gasteiger partial charge in [0.1, 0.15) is 0 Å². The van der Waals surface area contributed by atoms with Crippen LogP contribution >= 0.6 is 0 Å². The lowest BCUT2D eigenvalue weighted by atomic mass is 9.96. The van der Waals surface area contributed by atoms with E-state index in [-0.39, 0.29) is 24.3 Å². The molecule has 1 saturated heterocycles. The van der Waals surface area contributed by atoms with Crippen LogP contribution in [0, 0.1) is 17.6 Å². The molecule has 1 aliphatic heterocycles. The highest BCUT2D eigenvalue weighted by atomic mass is 19.2. The smallest absolute Gasteiger partial charge is 0.222 e. The van der Waals surface area contributed by atoms with Crippen LogP contribution in [0.3, 0.4) is 0 Å². The second-order valence-electron chi connectivity index (χ2n) is 5.84. The Kier molecular flexibility index (Phi) is 6.31. The van der Waals surface area contributed by atoms with E-state index in [1.165, 1.54) is 12.1 Å². The molecule has 0 saturated carbocycles. The van der Waals surface area contributed by atoms with Crippen LogP contribution in [0.2, 0.25) is 0 Å². The Morgan fingerprint density at radius 1 is 1.32 bits per heavy atom. The normalized spacial score (nSPS) is 16.0. The third-order valence-electron chi connectivity index (χ3n) is 4.29. The van der Waals surface area contributed by atoms with Gasteiger partial charge < -0.3 is 10.2 Å². The van der Waals surface area contributed by atoms with E-state index in [1.807, 2.05) is 4.90 Å². The first-order valence-electron chi connectivity index (χ1n) is 8.03. The van der Waals surface area contributed by atoms with E-state index >= 15 is 0 Å². The van der Waals surface area contributed by atoms with E-state index in [0.29, 0.717) is 5.92 Å². The van der Waals surface area contributed by atoms with Gasteiger partial charge in [-0.1, -0.05) is 19.1 Å². The average Bonchev–Trinajstić information content (AvgIpc) is 2.54. The molecule has 1 N–H and O–H groups in total. The number of nitrogens with one attached hydrogen (secondary N) is 1. The Morgan fingerprint density at radius 3 is 2.73 bits per heavy atom. The number of aryl methyl sites for hydroxylation is 1. The third-order valence-corrected chi connectivity index (χ3v) is 4.29. The van der Waals surface area contributed by atoms with Crippen molar-refractivity contribution in [3.8, 4) is 0 Å². The molecule has 5 heteroatoms. The largest absolute Gasteiger partial charge is 0.343 e. The number of halogens is 2. The van der Waals surface area contributed by atoms with Gasteiger partial charge in [0.15, 0.2) is 11.6 Å². The minimum Gasteiger partial charge on any atom is -0.343 e. The topological polar surface area (TPSA) is 32.3 Å². The van der Waals surface area contributed by atoms with Crippen molar-refractivity contribution in [2.45, 2.75) is 32.6 Å². The predicted octanol–water partition coefficient (Wildman–Crippen LogP) is 2.75. The molecule has 0 spiro atoms. The molecule has 1 aromatic carbocycles. The second-order valence-corrected chi connectivity index (χ2v) is 5.84. The van der Waals surface area contributed by atoms with Gasteiger partial charge in [0.05, 0.1) is 0 Å². The van der Waals surface area contributed by atoms with Gasteiger partial charge in [-0.3, -0.25) is 4.79 Å². The van der Waals surface area contributed by atoms with Crippen LogP contribution in [0.25, 0.3) is 0 Å². The summed E-state index contributed by atoms with van der Waals surface area (Å²) in [6.07, 6.45) is 2.50. The summed E-state index contributed by atoms with van der Waals surface area (Å²) in [4.78, 5) is 14.0. The molecule has 1 aliphatic rings. The maximum Gasteiger partial charge on any atom is 0.222 e. The molecule has 0 atom stereocenters. The highest BCUT2D eigenvalue weighted by Crippen LogP contribution is 2.18. The van der Waals surface area contributed by atoms with Crippen molar-refractivity contribution in [2.24, 2.45) is 5.92 Å². The number of hydrogen-bond acceptors (Lipinski definition) is 2. The molecular formula is C17H24F2N2O. The monoisotopic (exact) mass is 310 g/mol. The van der Waals surface area contributed by atoms with Gasteiger partial charge in [0.2, 0.25) is 5.91 Å². The van der Waals surface area contributed by atoms with Crippen LogP contribution in [-0.4, -0.2) is 37.0 Å². The number of benzene rings is 1. The van der Waals surface area contributed by atoms with E-state index in [1.54, 1.807) is 0 Å².